The van der Waals surface area contributed by atoms with Crippen LogP contribution in [-0.4, -0.2) is 74.0 Å². The van der Waals surface area contributed by atoms with E-state index in [1.165, 1.54) is 38.9 Å². The molecule has 3 saturated heterocycles. The molecule has 122 valence electrons. The quantitative estimate of drug-likeness (QED) is 0.792. The van der Waals surface area contributed by atoms with Gasteiger partial charge < -0.3 is 9.47 Å². The van der Waals surface area contributed by atoms with Crippen molar-refractivity contribution < 1.29 is 9.47 Å². The van der Waals surface area contributed by atoms with Gasteiger partial charge in [0, 0.05) is 51.9 Å². The fraction of sp³-hybridized carbons (Fsp3) is 1.00. The van der Waals surface area contributed by atoms with Crippen LogP contribution in [-0.2, 0) is 9.47 Å². The SMILES string of the molecule is COC1(CN2CC3CCCCN3CC2C(C)C)CCOC1. The Hall–Kier alpha value is -0.160. The monoisotopic (exact) mass is 296 g/mol. The van der Waals surface area contributed by atoms with Gasteiger partial charge in [-0.15, -0.1) is 0 Å². The number of hydrogen-bond acceptors (Lipinski definition) is 4. The zero-order valence-corrected chi connectivity index (χ0v) is 14.0. The molecule has 3 rings (SSSR count). The van der Waals surface area contributed by atoms with Crippen LogP contribution >= 0.6 is 0 Å². The van der Waals surface area contributed by atoms with Gasteiger partial charge in [-0.2, -0.15) is 0 Å². The molecule has 3 unspecified atom stereocenters. The minimum Gasteiger partial charge on any atom is -0.378 e. The summed E-state index contributed by atoms with van der Waals surface area (Å²) in [6.07, 6.45) is 5.20. The number of piperazine rings is 1. The Morgan fingerprint density at radius 1 is 1.29 bits per heavy atom. The highest BCUT2D eigenvalue weighted by Crippen LogP contribution is 2.31. The van der Waals surface area contributed by atoms with Crippen molar-refractivity contribution in [3.05, 3.63) is 0 Å². The molecule has 0 N–H and O–H groups in total. The van der Waals surface area contributed by atoms with E-state index < -0.39 is 0 Å². The zero-order chi connectivity index (χ0) is 14.9. The third-order valence-corrected chi connectivity index (χ3v) is 5.85. The van der Waals surface area contributed by atoms with E-state index in [0.717, 1.165) is 32.2 Å². The van der Waals surface area contributed by atoms with Crippen molar-refractivity contribution in [2.24, 2.45) is 5.92 Å². The van der Waals surface area contributed by atoms with Crippen LogP contribution in [0.5, 0.6) is 0 Å². The summed E-state index contributed by atoms with van der Waals surface area (Å²) < 4.78 is 11.5. The number of fused-ring (bicyclic) bond motifs is 1. The highest BCUT2D eigenvalue weighted by molar-refractivity contribution is 4.97. The van der Waals surface area contributed by atoms with E-state index in [4.69, 9.17) is 9.47 Å². The summed E-state index contributed by atoms with van der Waals surface area (Å²) in [5.74, 6) is 0.698. The molecule has 3 heterocycles. The Labute approximate surface area is 129 Å². The summed E-state index contributed by atoms with van der Waals surface area (Å²) in [6.45, 7) is 11.1. The Kier molecular flexibility index (Phi) is 4.89. The van der Waals surface area contributed by atoms with Crippen molar-refractivity contribution in [3.63, 3.8) is 0 Å². The molecule has 0 aliphatic carbocycles. The largest absolute Gasteiger partial charge is 0.378 e. The highest BCUT2D eigenvalue weighted by Gasteiger charge is 2.42. The van der Waals surface area contributed by atoms with Gasteiger partial charge in [0.15, 0.2) is 0 Å². The lowest BCUT2D eigenvalue weighted by Gasteiger charge is -2.51. The standard InChI is InChI=1S/C17H32N2O2/c1-14(2)16-11-18-8-5-4-6-15(18)10-19(16)12-17(20-3)7-9-21-13-17/h14-16H,4-13H2,1-3H3. The van der Waals surface area contributed by atoms with E-state index in [1.807, 2.05) is 7.11 Å². The van der Waals surface area contributed by atoms with Crippen LogP contribution in [0.25, 0.3) is 0 Å². The Bertz CT molecular complexity index is 342. The molecule has 4 heteroatoms. The third-order valence-electron chi connectivity index (χ3n) is 5.85. The molecular formula is C17H32N2O2. The third kappa shape index (κ3) is 3.29. The first-order valence-electron chi connectivity index (χ1n) is 8.74. The maximum absolute atomic E-state index is 5.89. The summed E-state index contributed by atoms with van der Waals surface area (Å²) in [7, 11) is 1.86. The minimum atomic E-state index is -0.0655. The smallest absolute Gasteiger partial charge is 0.106 e. The van der Waals surface area contributed by atoms with Gasteiger partial charge in [-0.3, -0.25) is 9.80 Å². The van der Waals surface area contributed by atoms with Crippen molar-refractivity contribution in [2.75, 3.05) is 46.5 Å². The maximum atomic E-state index is 5.89. The first-order valence-corrected chi connectivity index (χ1v) is 8.74. The van der Waals surface area contributed by atoms with Gasteiger partial charge >= 0.3 is 0 Å². The van der Waals surface area contributed by atoms with Gasteiger partial charge in [-0.05, 0) is 25.3 Å². The topological polar surface area (TPSA) is 24.9 Å². The van der Waals surface area contributed by atoms with Gasteiger partial charge in [0.05, 0.1) is 6.61 Å². The lowest BCUT2D eigenvalue weighted by Crippen LogP contribution is -2.63. The molecule has 0 amide bonds. The van der Waals surface area contributed by atoms with E-state index >= 15 is 0 Å². The van der Waals surface area contributed by atoms with Gasteiger partial charge in [-0.25, -0.2) is 0 Å². The fourth-order valence-corrected chi connectivity index (χ4v) is 4.39. The molecule has 0 aromatic carbocycles. The molecule has 0 aromatic heterocycles. The first-order chi connectivity index (χ1) is 10.1. The average Bonchev–Trinajstić information content (AvgIpc) is 2.95. The fourth-order valence-electron chi connectivity index (χ4n) is 4.39. The van der Waals surface area contributed by atoms with Crippen LogP contribution < -0.4 is 0 Å². The normalized spacial score (nSPS) is 38.9. The molecule has 4 nitrogen and oxygen atoms in total. The number of hydrogen-bond donors (Lipinski definition) is 0. The summed E-state index contributed by atoms with van der Waals surface area (Å²) in [6, 6.07) is 1.43. The van der Waals surface area contributed by atoms with Crippen molar-refractivity contribution in [1.29, 1.82) is 0 Å². The first kappa shape index (κ1) is 15.7. The predicted octanol–water partition coefficient (Wildman–Crippen LogP) is 1.99. The van der Waals surface area contributed by atoms with E-state index in [9.17, 15) is 0 Å². The lowest BCUT2D eigenvalue weighted by molar-refractivity contribution is -0.0807. The van der Waals surface area contributed by atoms with Gasteiger partial charge in [0.1, 0.15) is 5.60 Å². The minimum absolute atomic E-state index is 0.0655. The maximum Gasteiger partial charge on any atom is 0.106 e. The molecule has 0 bridgehead atoms. The average molecular weight is 296 g/mol. The van der Waals surface area contributed by atoms with Crippen LogP contribution in [0.1, 0.15) is 39.5 Å². The van der Waals surface area contributed by atoms with Crippen LogP contribution in [0, 0.1) is 5.92 Å². The predicted molar refractivity (Wildman–Crippen MR) is 84.6 cm³/mol. The molecule has 0 radical (unpaired) electrons. The molecule has 3 atom stereocenters. The number of piperidine rings is 1. The number of rotatable bonds is 4. The van der Waals surface area contributed by atoms with Crippen LogP contribution in [0.2, 0.25) is 0 Å². The summed E-state index contributed by atoms with van der Waals surface area (Å²) >= 11 is 0. The van der Waals surface area contributed by atoms with Crippen molar-refractivity contribution in [1.82, 2.24) is 9.80 Å². The number of ether oxygens (including phenoxy) is 2. The van der Waals surface area contributed by atoms with Gasteiger partial charge in [0.2, 0.25) is 0 Å². The van der Waals surface area contributed by atoms with Crippen molar-refractivity contribution in [3.8, 4) is 0 Å². The molecular weight excluding hydrogens is 264 g/mol. The molecule has 0 spiro atoms. The van der Waals surface area contributed by atoms with E-state index in [2.05, 4.69) is 23.6 Å². The Morgan fingerprint density at radius 2 is 2.14 bits per heavy atom. The van der Waals surface area contributed by atoms with Crippen LogP contribution in [0.3, 0.4) is 0 Å². The molecule has 0 saturated carbocycles. The Morgan fingerprint density at radius 3 is 2.81 bits per heavy atom. The number of methoxy groups -OCH3 is 1. The van der Waals surface area contributed by atoms with Crippen molar-refractivity contribution >= 4 is 0 Å². The zero-order valence-electron chi connectivity index (χ0n) is 14.0. The molecule has 3 aliphatic rings. The van der Waals surface area contributed by atoms with Crippen LogP contribution in [0.15, 0.2) is 0 Å². The summed E-state index contributed by atoms with van der Waals surface area (Å²) in [4.78, 5) is 5.46. The lowest BCUT2D eigenvalue weighted by atomic mass is 9.90. The van der Waals surface area contributed by atoms with Gasteiger partial charge in [0.25, 0.3) is 0 Å². The number of nitrogens with zero attached hydrogens (tertiary/aromatic N) is 2. The second-order valence-corrected chi connectivity index (χ2v) is 7.58. The Balaban J connectivity index is 1.71. The second-order valence-electron chi connectivity index (χ2n) is 7.58. The summed E-state index contributed by atoms with van der Waals surface area (Å²) in [5, 5.41) is 0. The molecule has 0 aromatic rings. The highest BCUT2D eigenvalue weighted by atomic mass is 16.5. The van der Waals surface area contributed by atoms with Gasteiger partial charge in [-0.1, -0.05) is 20.3 Å². The second kappa shape index (κ2) is 6.53. The molecule has 3 fully saturated rings. The van der Waals surface area contributed by atoms with E-state index in [0.29, 0.717) is 12.0 Å². The van der Waals surface area contributed by atoms with E-state index in [-0.39, 0.29) is 5.60 Å². The van der Waals surface area contributed by atoms with Crippen LogP contribution in [0.4, 0.5) is 0 Å². The molecule has 3 aliphatic heterocycles. The molecule has 21 heavy (non-hydrogen) atoms. The van der Waals surface area contributed by atoms with E-state index in [1.54, 1.807) is 0 Å². The van der Waals surface area contributed by atoms with Crippen molar-refractivity contribution in [2.45, 2.75) is 57.2 Å². The summed E-state index contributed by atoms with van der Waals surface area (Å²) in [5.41, 5.74) is -0.0655.